The van der Waals surface area contributed by atoms with Crippen molar-refractivity contribution < 1.29 is 9.53 Å². The van der Waals surface area contributed by atoms with Gasteiger partial charge in [0.05, 0.1) is 7.11 Å². The number of rotatable bonds is 5. The Morgan fingerprint density at radius 2 is 2.04 bits per heavy atom. The maximum atomic E-state index is 12.3. The second-order valence-electron chi connectivity index (χ2n) is 6.69. The monoisotopic (exact) mass is 340 g/mol. The number of aryl methyl sites for hydroxylation is 1. The quantitative estimate of drug-likeness (QED) is 0.780. The highest BCUT2D eigenvalue weighted by Gasteiger charge is 2.32. The summed E-state index contributed by atoms with van der Waals surface area (Å²) in [5.41, 5.74) is 2.94. The van der Waals surface area contributed by atoms with Crippen LogP contribution in [0.3, 0.4) is 0 Å². The van der Waals surface area contributed by atoms with E-state index in [0.29, 0.717) is 5.82 Å². The molecule has 0 unspecified atom stereocenters. The number of aromatic nitrogens is 3. The Labute approximate surface area is 148 Å². The van der Waals surface area contributed by atoms with Gasteiger partial charge < -0.3 is 9.64 Å². The zero-order valence-corrected chi connectivity index (χ0v) is 15.2. The first-order valence-corrected chi connectivity index (χ1v) is 8.64. The predicted molar refractivity (Wildman–Crippen MR) is 96.3 cm³/mol. The first-order valence-electron chi connectivity index (χ1n) is 8.64. The summed E-state index contributed by atoms with van der Waals surface area (Å²) in [5.74, 6) is 1.27. The molecule has 0 amide bonds. The van der Waals surface area contributed by atoms with Crippen LogP contribution in [0.2, 0.25) is 0 Å². The van der Waals surface area contributed by atoms with Crippen LogP contribution in [-0.4, -0.2) is 41.1 Å². The van der Waals surface area contributed by atoms with Crippen molar-refractivity contribution in [3.63, 3.8) is 0 Å². The average Bonchev–Trinajstić information content (AvgIpc) is 3.09. The minimum atomic E-state index is -0.388. The molecule has 0 spiro atoms. The molecule has 0 bridgehead atoms. The Bertz CT molecular complexity index is 762. The van der Waals surface area contributed by atoms with Crippen molar-refractivity contribution in [2.24, 2.45) is 5.92 Å². The number of carbonyl (C=O) groups is 1. The third-order valence-corrected chi connectivity index (χ3v) is 4.63. The molecule has 2 heterocycles. The Morgan fingerprint density at radius 3 is 2.68 bits per heavy atom. The highest BCUT2D eigenvalue weighted by Crippen LogP contribution is 2.32. The summed E-state index contributed by atoms with van der Waals surface area (Å²) in [6.45, 7) is 4.03. The molecule has 0 radical (unpaired) electrons. The normalized spacial score (nSPS) is 14.3. The topological polar surface area (TPSA) is 68.2 Å². The van der Waals surface area contributed by atoms with Gasteiger partial charge >= 0.3 is 5.97 Å². The van der Waals surface area contributed by atoms with E-state index in [1.54, 1.807) is 6.20 Å². The van der Waals surface area contributed by atoms with Gasteiger partial charge in [0.15, 0.2) is 5.82 Å². The molecule has 2 aromatic rings. The van der Waals surface area contributed by atoms with Crippen LogP contribution in [-0.2, 0) is 22.4 Å². The van der Waals surface area contributed by atoms with Gasteiger partial charge in [0.1, 0.15) is 17.6 Å². The van der Waals surface area contributed by atoms with Crippen molar-refractivity contribution in [2.75, 3.05) is 19.1 Å². The summed E-state index contributed by atoms with van der Waals surface area (Å²) in [7, 11) is 3.33. The minimum absolute atomic E-state index is 0.0998. The molecule has 1 aliphatic rings. The number of esters is 1. The van der Waals surface area contributed by atoms with Gasteiger partial charge in [0.2, 0.25) is 0 Å². The third kappa shape index (κ3) is 3.34. The Balaban J connectivity index is 2.08. The number of methoxy groups -OCH3 is 1. The Morgan fingerprint density at radius 1 is 1.24 bits per heavy atom. The van der Waals surface area contributed by atoms with Gasteiger partial charge in [-0.1, -0.05) is 19.9 Å². The van der Waals surface area contributed by atoms with Crippen molar-refractivity contribution in [1.29, 1.82) is 0 Å². The van der Waals surface area contributed by atoms with Crippen molar-refractivity contribution >= 4 is 11.8 Å². The van der Waals surface area contributed by atoms with Crippen LogP contribution < -0.4 is 4.90 Å². The number of carbonyl (C=O) groups excluding carboxylic acids is 1. The lowest BCUT2D eigenvalue weighted by Gasteiger charge is -2.31. The lowest BCUT2D eigenvalue weighted by Crippen LogP contribution is -2.44. The first kappa shape index (κ1) is 17.3. The number of hydrogen-bond acceptors (Lipinski definition) is 6. The highest BCUT2D eigenvalue weighted by atomic mass is 16.5. The summed E-state index contributed by atoms with van der Waals surface area (Å²) < 4.78 is 5.01. The lowest BCUT2D eigenvalue weighted by molar-refractivity contribution is -0.143. The molecule has 0 fully saturated rings. The fraction of sp³-hybridized carbons (Fsp3) is 0.474. The summed E-state index contributed by atoms with van der Waals surface area (Å²) in [6.07, 6.45) is 4.66. The summed E-state index contributed by atoms with van der Waals surface area (Å²) in [4.78, 5) is 28.1. The number of ether oxygens (including phenoxy) is 1. The molecule has 2 aromatic heterocycles. The number of likely N-dealkylation sites (N-methyl/N-ethyl adjacent to an activating group) is 1. The van der Waals surface area contributed by atoms with Crippen LogP contribution in [0.1, 0.15) is 31.5 Å². The fourth-order valence-corrected chi connectivity index (χ4v) is 3.44. The van der Waals surface area contributed by atoms with Gasteiger partial charge in [-0.15, -0.1) is 0 Å². The van der Waals surface area contributed by atoms with E-state index >= 15 is 0 Å². The summed E-state index contributed by atoms with van der Waals surface area (Å²) in [6, 6.07) is 5.31. The molecule has 0 saturated heterocycles. The fourth-order valence-electron chi connectivity index (χ4n) is 3.44. The maximum absolute atomic E-state index is 12.3. The summed E-state index contributed by atoms with van der Waals surface area (Å²) >= 11 is 0. The van der Waals surface area contributed by atoms with Crippen LogP contribution in [0.25, 0.3) is 11.5 Å². The van der Waals surface area contributed by atoms with Gasteiger partial charge in [-0.2, -0.15) is 0 Å². The van der Waals surface area contributed by atoms with Crippen LogP contribution in [0.4, 0.5) is 5.82 Å². The minimum Gasteiger partial charge on any atom is -0.467 e. The molecule has 0 saturated carbocycles. The standard InChI is InChI=1S/C19H24N4O2/c1-12(2)16(19(24)25-4)23(3)18-13-8-7-10-14(13)21-17(22-18)15-9-5-6-11-20-15/h5-6,9,11-12,16H,7-8,10H2,1-4H3/t16-/m0/s1. The number of anilines is 1. The number of fused-ring (bicyclic) bond motifs is 1. The van der Waals surface area contributed by atoms with Crippen LogP contribution >= 0.6 is 0 Å². The van der Waals surface area contributed by atoms with Crippen molar-refractivity contribution in [1.82, 2.24) is 15.0 Å². The number of hydrogen-bond donors (Lipinski definition) is 0. The Hall–Kier alpha value is -2.50. The Kier molecular flexibility index (Phi) is 4.97. The summed E-state index contributed by atoms with van der Waals surface area (Å²) in [5, 5.41) is 0. The highest BCUT2D eigenvalue weighted by molar-refractivity contribution is 5.80. The van der Waals surface area contributed by atoms with Gasteiger partial charge in [-0.05, 0) is 37.3 Å². The van der Waals surface area contributed by atoms with E-state index in [0.717, 1.165) is 42.0 Å². The SMILES string of the molecule is COC(=O)[C@H](C(C)C)N(C)c1nc(-c2ccccn2)nc2c1CCC2. The molecular formula is C19H24N4O2. The number of pyridine rings is 1. The third-order valence-electron chi connectivity index (χ3n) is 4.63. The molecule has 1 atom stereocenters. The van der Waals surface area contributed by atoms with Crippen molar-refractivity contribution in [3.05, 3.63) is 35.7 Å². The molecular weight excluding hydrogens is 316 g/mol. The zero-order valence-electron chi connectivity index (χ0n) is 15.2. The van der Waals surface area contributed by atoms with E-state index < -0.39 is 0 Å². The zero-order chi connectivity index (χ0) is 18.0. The van der Waals surface area contributed by atoms with E-state index in [9.17, 15) is 4.79 Å². The molecule has 6 nitrogen and oxygen atoms in total. The van der Waals surface area contributed by atoms with Crippen LogP contribution in [0.5, 0.6) is 0 Å². The molecule has 25 heavy (non-hydrogen) atoms. The van der Waals surface area contributed by atoms with E-state index in [1.807, 2.05) is 44.0 Å². The van der Waals surface area contributed by atoms with E-state index in [1.165, 1.54) is 7.11 Å². The van der Waals surface area contributed by atoms with Gasteiger partial charge in [0, 0.05) is 24.5 Å². The second-order valence-corrected chi connectivity index (χ2v) is 6.69. The van der Waals surface area contributed by atoms with Gasteiger partial charge in [0.25, 0.3) is 0 Å². The maximum Gasteiger partial charge on any atom is 0.328 e. The first-order chi connectivity index (χ1) is 12.0. The van der Waals surface area contributed by atoms with Crippen molar-refractivity contribution in [2.45, 2.75) is 39.2 Å². The van der Waals surface area contributed by atoms with Gasteiger partial charge in [-0.3, -0.25) is 4.98 Å². The van der Waals surface area contributed by atoms with Crippen molar-refractivity contribution in [3.8, 4) is 11.5 Å². The molecule has 0 aromatic carbocycles. The molecule has 0 N–H and O–H groups in total. The smallest absolute Gasteiger partial charge is 0.328 e. The molecule has 0 aliphatic heterocycles. The number of nitrogens with zero attached hydrogens (tertiary/aromatic N) is 4. The molecule has 132 valence electrons. The van der Waals surface area contributed by atoms with E-state index in [4.69, 9.17) is 14.7 Å². The average molecular weight is 340 g/mol. The van der Waals surface area contributed by atoms with E-state index in [-0.39, 0.29) is 17.9 Å². The van der Waals surface area contributed by atoms with Gasteiger partial charge in [-0.25, -0.2) is 14.8 Å². The predicted octanol–water partition coefficient (Wildman–Crippen LogP) is 2.66. The largest absolute Gasteiger partial charge is 0.467 e. The molecule has 1 aliphatic carbocycles. The lowest BCUT2D eigenvalue weighted by atomic mass is 10.0. The van der Waals surface area contributed by atoms with Crippen LogP contribution in [0.15, 0.2) is 24.4 Å². The molecule has 6 heteroatoms. The van der Waals surface area contributed by atoms with Crippen LogP contribution in [0, 0.1) is 5.92 Å². The van der Waals surface area contributed by atoms with E-state index in [2.05, 4.69) is 4.98 Å². The molecule has 3 rings (SSSR count). The second kappa shape index (κ2) is 7.17.